The van der Waals surface area contributed by atoms with Gasteiger partial charge in [0.15, 0.2) is 5.96 Å². The van der Waals surface area contributed by atoms with Crippen molar-refractivity contribution < 1.29 is 0 Å². The van der Waals surface area contributed by atoms with E-state index < -0.39 is 0 Å². The summed E-state index contributed by atoms with van der Waals surface area (Å²) < 4.78 is 0. The fraction of sp³-hybridized carbons (Fsp3) is 0.524. The Morgan fingerprint density at radius 1 is 1.18 bits per heavy atom. The van der Waals surface area contributed by atoms with Crippen molar-refractivity contribution in [3.63, 3.8) is 0 Å². The first-order valence-corrected chi connectivity index (χ1v) is 10.9. The molecule has 5 nitrogen and oxygen atoms in total. The quantitative estimate of drug-likeness (QED) is 0.382. The molecule has 2 aliphatic heterocycles. The summed E-state index contributed by atoms with van der Waals surface area (Å²) in [5.74, 6) is 1.00. The zero-order chi connectivity index (χ0) is 18.5. The molecule has 1 unspecified atom stereocenters. The second kappa shape index (κ2) is 10.5. The minimum atomic E-state index is 0. The van der Waals surface area contributed by atoms with E-state index in [1.54, 1.807) is 11.3 Å². The summed E-state index contributed by atoms with van der Waals surface area (Å²) >= 11 is 1.70. The first-order valence-electron chi connectivity index (χ1n) is 10.0. The number of nitrogens with zero attached hydrogens (tertiary/aromatic N) is 4. The fourth-order valence-electron chi connectivity index (χ4n) is 4.12. The van der Waals surface area contributed by atoms with Crippen LogP contribution in [0.3, 0.4) is 0 Å². The number of nitrogens with one attached hydrogen (secondary N) is 1. The summed E-state index contributed by atoms with van der Waals surface area (Å²) in [6, 6.07) is 11.1. The van der Waals surface area contributed by atoms with Gasteiger partial charge >= 0.3 is 0 Å². The number of halogens is 1. The molecule has 1 aromatic carbocycles. The standard InChI is InChI=1S/C21H29N5S.HI/c1-22-21(26-13-10-19(15-26)25-11-6-3-7-12-25)23-14-18-16-27-20(24-18)17-8-4-2-5-9-17;/h2,4-5,8-9,16,19H,3,6-7,10-15H2,1H3,(H,22,23);1H. The van der Waals surface area contributed by atoms with Crippen LogP contribution in [0.4, 0.5) is 0 Å². The first-order chi connectivity index (χ1) is 13.3. The molecule has 0 bridgehead atoms. The molecular formula is C21H30IN5S. The lowest BCUT2D eigenvalue weighted by Gasteiger charge is -2.32. The first kappa shape index (κ1) is 21.5. The number of aliphatic imine (C=N–C) groups is 1. The topological polar surface area (TPSA) is 43.8 Å². The van der Waals surface area contributed by atoms with Crippen LogP contribution < -0.4 is 5.32 Å². The van der Waals surface area contributed by atoms with Gasteiger partial charge in [0.25, 0.3) is 0 Å². The number of thiazole rings is 1. The molecule has 0 aliphatic carbocycles. The summed E-state index contributed by atoms with van der Waals surface area (Å²) in [5, 5.41) is 6.74. The highest BCUT2D eigenvalue weighted by Gasteiger charge is 2.29. The van der Waals surface area contributed by atoms with Gasteiger partial charge in [-0.3, -0.25) is 9.89 Å². The summed E-state index contributed by atoms with van der Waals surface area (Å²) in [6.45, 7) is 5.44. The molecule has 1 atom stereocenters. The van der Waals surface area contributed by atoms with Crippen molar-refractivity contribution in [1.82, 2.24) is 20.1 Å². The maximum absolute atomic E-state index is 4.78. The van der Waals surface area contributed by atoms with Gasteiger partial charge in [-0.05, 0) is 32.4 Å². The highest BCUT2D eigenvalue weighted by molar-refractivity contribution is 14.0. The number of benzene rings is 1. The second-order valence-corrected chi connectivity index (χ2v) is 8.25. The molecule has 1 N–H and O–H groups in total. The van der Waals surface area contributed by atoms with Crippen molar-refractivity contribution in [2.45, 2.75) is 38.3 Å². The van der Waals surface area contributed by atoms with Crippen molar-refractivity contribution in [3.05, 3.63) is 41.4 Å². The molecule has 2 aromatic rings. The maximum Gasteiger partial charge on any atom is 0.194 e. The number of rotatable bonds is 4. The van der Waals surface area contributed by atoms with Crippen LogP contribution in [0.2, 0.25) is 0 Å². The average Bonchev–Trinajstić information content (AvgIpc) is 3.40. The average molecular weight is 511 g/mol. The highest BCUT2D eigenvalue weighted by Crippen LogP contribution is 2.23. The van der Waals surface area contributed by atoms with Gasteiger partial charge in [0.1, 0.15) is 5.01 Å². The maximum atomic E-state index is 4.78. The van der Waals surface area contributed by atoms with Gasteiger partial charge < -0.3 is 10.2 Å². The molecule has 0 radical (unpaired) electrons. The highest BCUT2D eigenvalue weighted by atomic mass is 127. The molecule has 7 heteroatoms. The lowest BCUT2D eigenvalue weighted by atomic mass is 10.1. The van der Waals surface area contributed by atoms with E-state index >= 15 is 0 Å². The molecule has 0 saturated carbocycles. The Balaban J connectivity index is 0.00000225. The zero-order valence-electron chi connectivity index (χ0n) is 16.5. The lowest BCUT2D eigenvalue weighted by molar-refractivity contribution is 0.168. The van der Waals surface area contributed by atoms with Crippen molar-refractivity contribution in [3.8, 4) is 10.6 Å². The molecule has 0 amide bonds. The largest absolute Gasteiger partial charge is 0.351 e. The third-order valence-electron chi connectivity index (χ3n) is 5.58. The Labute approximate surface area is 189 Å². The van der Waals surface area contributed by atoms with Crippen LogP contribution in [0.25, 0.3) is 10.6 Å². The normalized spacial score (nSPS) is 20.8. The molecule has 28 heavy (non-hydrogen) atoms. The van der Waals surface area contributed by atoms with E-state index in [1.807, 2.05) is 13.1 Å². The number of piperidine rings is 1. The smallest absolute Gasteiger partial charge is 0.194 e. The van der Waals surface area contributed by atoms with Crippen LogP contribution in [0.1, 0.15) is 31.4 Å². The summed E-state index contributed by atoms with van der Waals surface area (Å²) in [4.78, 5) is 14.4. The van der Waals surface area contributed by atoms with Crippen molar-refractivity contribution in [2.24, 2.45) is 4.99 Å². The van der Waals surface area contributed by atoms with E-state index in [1.165, 1.54) is 44.3 Å². The lowest BCUT2D eigenvalue weighted by Crippen LogP contribution is -2.44. The molecule has 2 aliphatic rings. The minimum Gasteiger partial charge on any atom is -0.351 e. The monoisotopic (exact) mass is 511 g/mol. The predicted octanol–water partition coefficient (Wildman–Crippen LogP) is 4.06. The SMILES string of the molecule is CN=C(NCc1csc(-c2ccccc2)n1)N1CCC(N2CCCCC2)C1.I. The molecule has 1 aromatic heterocycles. The van der Waals surface area contributed by atoms with Crippen LogP contribution in [-0.2, 0) is 6.54 Å². The third kappa shape index (κ3) is 5.24. The summed E-state index contributed by atoms with van der Waals surface area (Å²) in [7, 11) is 1.88. The van der Waals surface area contributed by atoms with E-state index in [0.717, 1.165) is 36.3 Å². The predicted molar refractivity (Wildman–Crippen MR) is 129 cm³/mol. The van der Waals surface area contributed by atoms with E-state index in [0.29, 0.717) is 6.04 Å². The van der Waals surface area contributed by atoms with Gasteiger partial charge in [-0.15, -0.1) is 35.3 Å². The van der Waals surface area contributed by atoms with E-state index in [4.69, 9.17) is 4.98 Å². The van der Waals surface area contributed by atoms with Gasteiger partial charge in [0.05, 0.1) is 12.2 Å². The molecule has 152 valence electrons. The van der Waals surface area contributed by atoms with E-state index in [2.05, 4.69) is 49.8 Å². The number of aromatic nitrogens is 1. The van der Waals surface area contributed by atoms with Gasteiger partial charge in [-0.1, -0.05) is 36.8 Å². The van der Waals surface area contributed by atoms with Crippen LogP contribution in [0.5, 0.6) is 0 Å². The van der Waals surface area contributed by atoms with Crippen molar-refractivity contribution in [1.29, 1.82) is 0 Å². The van der Waals surface area contributed by atoms with Crippen LogP contribution in [0, 0.1) is 0 Å². The summed E-state index contributed by atoms with van der Waals surface area (Å²) in [6.07, 6.45) is 5.36. The Bertz CT molecular complexity index is 757. The molecule has 3 heterocycles. The Morgan fingerprint density at radius 2 is 1.96 bits per heavy atom. The zero-order valence-corrected chi connectivity index (χ0v) is 19.7. The van der Waals surface area contributed by atoms with Gasteiger partial charge in [-0.25, -0.2) is 4.98 Å². The third-order valence-corrected chi connectivity index (χ3v) is 6.52. The van der Waals surface area contributed by atoms with Gasteiger partial charge in [0.2, 0.25) is 0 Å². The number of hydrogen-bond donors (Lipinski definition) is 1. The Hall–Kier alpha value is -1.19. The molecule has 0 spiro atoms. The fourth-order valence-corrected chi connectivity index (χ4v) is 4.94. The van der Waals surface area contributed by atoms with Gasteiger partial charge in [0, 0.05) is 37.1 Å². The van der Waals surface area contributed by atoms with E-state index in [9.17, 15) is 0 Å². The van der Waals surface area contributed by atoms with Gasteiger partial charge in [-0.2, -0.15) is 0 Å². The molecule has 4 rings (SSSR count). The van der Waals surface area contributed by atoms with Crippen molar-refractivity contribution in [2.75, 3.05) is 33.2 Å². The number of guanidine groups is 1. The van der Waals surface area contributed by atoms with Crippen LogP contribution in [0.15, 0.2) is 40.7 Å². The Morgan fingerprint density at radius 3 is 2.71 bits per heavy atom. The number of hydrogen-bond acceptors (Lipinski definition) is 4. The molecule has 2 saturated heterocycles. The number of likely N-dealkylation sites (tertiary alicyclic amines) is 2. The Kier molecular flexibility index (Phi) is 8.11. The van der Waals surface area contributed by atoms with Crippen LogP contribution in [-0.4, -0.2) is 60.0 Å². The van der Waals surface area contributed by atoms with E-state index in [-0.39, 0.29) is 24.0 Å². The summed E-state index contributed by atoms with van der Waals surface area (Å²) in [5.41, 5.74) is 2.26. The molecular weight excluding hydrogens is 481 g/mol. The molecule has 2 fully saturated rings. The second-order valence-electron chi connectivity index (χ2n) is 7.40. The van der Waals surface area contributed by atoms with Crippen LogP contribution >= 0.6 is 35.3 Å². The minimum absolute atomic E-state index is 0. The van der Waals surface area contributed by atoms with Crippen molar-refractivity contribution >= 4 is 41.3 Å².